The molecule has 0 bridgehead atoms. The van der Waals surface area contributed by atoms with Gasteiger partial charge >= 0.3 is 0 Å². The molecule has 2 aromatic carbocycles. The van der Waals surface area contributed by atoms with E-state index in [1.165, 1.54) is 0 Å². The number of rotatable bonds is 3. The van der Waals surface area contributed by atoms with Crippen LogP contribution in [0.3, 0.4) is 0 Å². The summed E-state index contributed by atoms with van der Waals surface area (Å²) in [6.07, 6.45) is 5.05. The van der Waals surface area contributed by atoms with Gasteiger partial charge < -0.3 is 0 Å². The van der Waals surface area contributed by atoms with Gasteiger partial charge in [0.2, 0.25) is 0 Å². The first-order chi connectivity index (χ1) is 10.3. The Morgan fingerprint density at radius 2 is 1.76 bits per heavy atom. The van der Waals surface area contributed by atoms with Gasteiger partial charge in [0.05, 0.1) is 34.6 Å². The van der Waals surface area contributed by atoms with E-state index in [0.717, 1.165) is 22.3 Å². The highest BCUT2D eigenvalue weighted by Gasteiger charge is 1.96. The van der Waals surface area contributed by atoms with Crippen LogP contribution in [0, 0.1) is 11.3 Å². The van der Waals surface area contributed by atoms with Crippen molar-refractivity contribution < 1.29 is 0 Å². The third-order valence-electron chi connectivity index (χ3n) is 2.91. The third kappa shape index (κ3) is 3.01. The molecule has 100 valence electrons. The molecule has 3 aromatic rings. The van der Waals surface area contributed by atoms with Gasteiger partial charge in [-0.1, -0.05) is 6.07 Å². The van der Waals surface area contributed by atoms with Gasteiger partial charge in [-0.25, -0.2) is 0 Å². The molecule has 0 spiro atoms. The number of hydrogen-bond acceptors (Lipinski definition) is 5. The van der Waals surface area contributed by atoms with E-state index in [1.807, 2.05) is 30.3 Å². The average Bonchev–Trinajstić information content (AvgIpc) is 2.55. The van der Waals surface area contributed by atoms with Crippen LogP contribution >= 0.6 is 0 Å². The molecule has 0 fully saturated rings. The highest BCUT2D eigenvalue weighted by molar-refractivity contribution is 5.86. The highest BCUT2D eigenvalue weighted by atomic mass is 15.3. The molecule has 0 atom stereocenters. The van der Waals surface area contributed by atoms with E-state index in [2.05, 4.69) is 26.6 Å². The van der Waals surface area contributed by atoms with Crippen LogP contribution in [-0.2, 0) is 0 Å². The summed E-state index contributed by atoms with van der Waals surface area (Å²) in [6.45, 7) is 0. The lowest BCUT2D eigenvalue weighted by atomic mass is 10.2. The molecule has 3 rings (SSSR count). The van der Waals surface area contributed by atoms with Crippen molar-refractivity contribution in [2.24, 2.45) is 5.10 Å². The minimum Gasteiger partial charge on any atom is -0.279 e. The standard InChI is InChI=1S/C16H11N5/c17-10-12-1-4-14(5-2-12)21-20-11-13-3-6-15-16(9-13)19-8-7-18-15/h1-9,11,21H. The molecular formula is C16H11N5. The lowest BCUT2D eigenvalue weighted by molar-refractivity contribution is 1.29. The van der Waals surface area contributed by atoms with Gasteiger partial charge in [0.25, 0.3) is 0 Å². The number of anilines is 1. The Morgan fingerprint density at radius 1 is 1.00 bits per heavy atom. The van der Waals surface area contributed by atoms with Gasteiger partial charge in [-0.15, -0.1) is 0 Å². The van der Waals surface area contributed by atoms with Crippen molar-refractivity contribution in [2.75, 3.05) is 5.43 Å². The van der Waals surface area contributed by atoms with Crippen molar-refractivity contribution in [1.82, 2.24) is 9.97 Å². The van der Waals surface area contributed by atoms with E-state index in [1.54, 1.807) is 30.7 Å². The maximum Gasteiger partial charge on any atom is 0.0991 e. The number of nitriles is 1. The smallest absolute Gasteiger partial charge is 0.0991 e. The maximum absolute atomic E-state index is 8.73. The van der Waals surface area contributed by atoms with Crippen molar-refractivity contribution in [3.05, 3.63) is 66.0 Å². The van der Waals surface area contributed by atoms with Crippen LogP contribution in [0.4, 0.5) is 5.69 Å². The molecule has 1 N–H and O–H groups in total. The van der Waals surface area contributed by atoms with E-state index in [9.17, 15) is 0 Å². The Bertz CT molecular complexity index is 831. The quantitative estimate of drug-likeness (QED) is 0.588. The monoisotopic (exact) mass is 273 g/mol. The predicted molar refractivity (Wildman–Crippen MR) is 81.9 cm³/mol. The summed E-state index contributed by atoms with van der Waals surface area (Å²) in [6, 6.07) is 14.9. The zero-order valence-corrected chi connectivity index (χ0v) is 11.1. The van der Waals surface area contributed by atoms with Crippen molar-refractivity contribution in [1.29, 1.82) is 5.26 Å². The van der Waals surface area contributed by atoms with Gasteiger partial charge in [0.15, 0.2) is 0 Å². The van der Waals surface area contributed by atoms with Gasteiger partial charge in [-0.05, 0) is 42.0 Å². The summed E-state index contributed by atoms with van der Waals surface area (Å²) in [4.78, 5) is 8.47. The number of nitrogens with one attached hydrogen (secondary N) is 1. The van der Waals surface area contributed by atoms with Crippen LogP contribution in [-0.4, -0.2) is 16.2 Å². The van der Waals surface area contributed by atoms with Crippen molar-refractivity contribution >= 4 is 22.9 Å². The van der Waals surface area contributed by atoms with Crippen molar-refractivity contribution in [2.45, 2.75) is 0 Å². The first-order valence-electron chi connectivity index (χ1n) is 6.35. The highest BCUT2D eigenvalue weighted by Crippen LogP contribution is 2.10. The lowest BCUT2D eigenvalue weighted by Crippen LogP contribution is -1.91. The number of benzene rings is 2. The molecule has 0 unspecified atom stereocenters. The summed E-state index contributed by atoms with van der Waals surface area (Å²) >= 11 is 0. The Hall–Kier alpha value is -3.26. The number of fused-ring (bicyclic) bond motifs is 1. The summed E-state index contributed by atoms with van der Waals surface area (Å²) in [5.41, 5.74) is 6.99. The van der Waals surface area contributed by atoms with Crippen LogP contribution in [0.15, 0.2) is 60.0 Å². The van der Waals surface area contributed by atoms with Gasteiger partial charge in [0.1, 0.15) is 0 Å². The maximum atomic E-state index is 8.73. The Kier molecular flexibility index (Phi) is 3.52. The second kappa shape index (κ2) is 5.80. The molecule has 0 saturated carbocycles. The van der Waals surface area contributed by atoms with E-state index < -0.39 is 0 Å². The molecule has 0 amide bonds. The molecule has 0 aliphatic heterocycles. The van der Waals surface area contributed by atoms with E-state index in [4.69, 9.17) is 5.26 Å². The molecule has 21 heavy (non-hydrogen) atoms. The molecule has 1 aromatic heterocycles. The molecule has 1 heterocycles. The SMILES string of the molecule is N#Cc1ccc(NN=Cc2ccc3nccnc3c2)cc1. The number of nitrogens with zero attached hydrogens (tertiary/aromatic N) is 4. The minimum atomic E-state index is 0.623. The third-order valence-corrected chi connectivity index (χ3v) is 2.91. The summed E-state index contributed by atoms with van der Waals surface area (Å²) < 4.78 is 0. The first-order valence-corrected chi connectivity index (χ1v) is 6.35. The lowest BCUT2D eigenvalue weighted by Gasteiger charge is -2.00. The van der Waals surface area contributed by atoms with Crippen LogP contribution in [0.5, 0.6) is 0 Å². The zero-order valence-electron chi connectivity index (χ0n) is 11.1. The zero-order chi connectivity index (χ0) is 14.5. The second-order valence-electron chi connectivity index (χ2n) is 4.36. The molecule has 5 heteroatoms. The van der Waals surface area contributed by atoms with E-state index in [0.29, 0.717) is 5.56 Å². The van der Waals surface area contributed by atoms with E-state index >= 15 is 0 Å². The average molecular weight is 273 g/mol. The van der Waals surface area contributed by atoms with Crippen molar-refractivity contribution in [3.8, 4) is 6.07 Å². The molecule has 0 saturated heterocycles. The number of aromatic nitrogens is 2. The van der Waals surface area contributed by atoms with Crippen molar-refractivity contribution in [3.63, 3.8) is 0 Å². The van der Waals surface area contributed by atoms with Crippen LogP contribution in [0.1, 0.15) is 11.1 Å². The summed E-state index contributed by atoms with van der Waals surface area (Å²) in [5.74, 6) is 0. The first kappa shape index (κ1) is 12.8. The largest absolute Gasteiger partial charge is 0.279 e. The molecule has 0 aliphatic carbocycles. The topological polar surface area (TPSA) is 74.0 Å². The minimum absolute atomic E-state index is 0.623. The summed E-state index contributed by atoms with van der Waals surface area (Å²) in [7, 11) is 0. The fourth-order valence-electron chi connectivity index (χ4n) is 1.86. The Labute approximate surface area is 121 Å². The van der Waals surface area contributed by atoms with Gasteiger partial charge in [-0.3, -0.25) is 15.4 Å². The number of hydrogen-bond donors (Lipinski definition) is 1. The fourth-order valence-corrected chi connectivity index (χ4v) is 1.86. The van der Waals surface area contributed by atoms with Crippen LogP contribution in [0.2, 0.25) is 0 Å². The fraction of sp³-hybridized carbons (Fsp3) is 0. The normalized spacial score (nSPS) is 10.6. The molecular weight excluding hydrogens is 262 g/mol. The number of hydrazone groups is 1. The molecule has 0 aliphatic rings. The predicted octanol–water partition coefficient (Wildman–Crippen LogP) is 2.95. The Balaban J connectivity index is 1.73. The van der Waals surface area contributed by atoms with Crippen LogP contribution < -0.4 is 5.43 Å². The Morgan fingerprint density at radius 3 is 2.52 bits per heavy atom. The second-order valence-corrected chi connectivity index (χ2v) is 4.36. The van der Waals surface area contributed by atoms with E-state index in [-0.39, 0.29) is 0 Å². The van der Waals surface area contributed by atoms with Gasteiger partial charge in [-0.2, -0.15) is 10.4 Å². The molecule has 0 radical (unpaired) electrons. The summed E-state index contributed by atoms with van der Waals surface area (Å²) in [5, 5.41) is 12.9. The van der Waals surface area contributed by atoms with Gasteiger partial charge in [0, 0.05) is 12.4 Å². The molecule has 5 nitrogen and oxygen atoms in total. The van der Waals surface area contributed by atoms with Crippen LogP contribution in [0.25, 0.3) is 11.0 Å².